The van der Waals surface area contributed by atoms with Crippen LogP contribution in [0.25, 0.3) is 0 Å². The van der Waals surface area contributed by atoms with E-state index in [9.17, 15) is 9.59 Å². The Balaban J connectivity index is 1.24. The number of carbonyl (C=O) groups is 2. The molecule has 3 aliphatic rings. The summed E-state index contributed by atoms with van der Waals surface area (Å²) < 4.78 is 0. The Bertz CT molecular complexity index is 1090. The zero-order valence-electron chi connectivity index (χ0n) is 18.9. The summed E-state index contributed by atoms with van der Waals surface area (Å²) in [5, 5.41) is 12.1. The van der Waals surface area contributed by atoms with E-state index in [1.54, 1.807) is 24.3 Å². The molecule has 0 aromatic heterocycles. The van der Waals surface area contributed by atoms with Gasteiger partial charge in [0.2, 0.25) is 5.91 Å². The number of benzene rings is 2. The number of nitrogens with one attached hydrogen (secondary N) is 1. The Morgan fingerprint density at radius 3 is 2.52 bits per heavy atom. The average Bonchev–Trinajstić information content (AvgIpc) is 3.54. The first-order valence-corrected chi connectivity index (χ1v) is 12.1. The third-order valence-electron chi connectivity index (χ3n) is 7.47. The SMILES string of the molecule is N#Cc1cccc(C(=O)Nc2ccc3c(c2)C(N2CCN(C(=O)C4CCCC4)CC2)CC3)c1. The highest BCUT2D eigenvalue weighted by atomic mass is 16.2. The molecule has 1 saturated heterocycles. The molecule has 33 heavy (non-hydrogen) atoms. The van der Waals surface area contributed by atoms with Crippen molar-refractivity contribution in [1.82, 2.24) is 9.80 Å². The molecule has 1 saturated carbocycles. The molecule has 1 atom stereocenters. The van der Waals surface area contributed by atoms with Crippen molar-refractivity contribution in [2.24, 2.45) is 5.92 Å². The number of nitrogens with zero attached hydrogens (tertiary/aromatic N) is 3. The van der Waals surface area contributed by atoms with Crippen LogP contribution in [0.15, 0.2) is 42.5 Å². The highest BCUT2D eigenvalue weighted by Gasteiger charge is 2.34. The molecule has 2 amide bonds. The third kappa shape index (κ3) is 4.51. The van der Waals surface area contributed by atoms with Crippen molar-refractivity contribution in [3.05, 3.63) is 64.7 Å². The Morgan fingerprint density at radius 1 is 0.970 bits per heavy atom. The molecule has 1 aliphatic heterocycles. The summed E-state index contributed by atoms with van der Waals surface area (Å²) in [6, 6.07) is 15.4. The number of piperazine rings is 1. The van der Waals surface area contributed by atoms with Gasteiger partial charge in [-0.1, -0.05) is 25.0 Å². The second-order valence-corrected chi connectivity index (χ2v) is 9.46. The van der Waals surface area contributed by atoms with Gasteiger partial charge in [0.05, 0.1) is 11.6 Å². The van der Waals surface area contributed by atoms with Crippen molar-refractivity contribution in [3.8, 4) is 6.07 Å². The fourth-order valence-electron chi connectivity index (χ4n) is 5.66. The molecule has 0 spiro atoms. The zero-order valence-corrected chi connectivity index (χ0v) is 18.9. The summed E-state index contributed by atoms with van der Waals surface area (Å²) >= 11 is 0. The van der Waals surface area contributed by atoms with Gasteiger partial charge in [-0.05, 0) is 67.1 Å². The minimum Gasteiger partial charge on any atom is -0.340 e. The quantitative estimate of drug-likeness (QED) is 0.772. The number of nitriles is 1. The van der Waals surface area contributed by atoms with Crippen molar-refractivity contribution in [3.63, 3.8) is 0 Å². The molecule has 0 radical (unpaired) electrons. The van der Waals surface area contributed by atoms with Crippen LogP contribution < -0.4 is 5.32 Å². The molecule has 1 unspecified atom stereocenters. The smallest absolute Gasteiger partial charge is 0.255 e. The standard InChI is InChI=1S/C27H30N4O2/c28-18-19-4-3-7-22(16-19)26(32)29-23-10-8-20-9-11-25(24(20)17-23)30-12-14-31(15-13-30)27(33)21-5-1-2-6-21/h3-4,7-8,10,16-17,21,25H,1-2,5-6,9,11-15H2,(H,29,32). The predicted molar refractivity (Wildman–Crippen MR) is 127 cm³/mol. The Morgan fingerprint density at radius 2 is 1.76 bits per heavy atom. The van der Waals surface area contributed by atoms with E-state index in [2.05, 4.69) is 33.3 Å². The fraction of sp³-hybridized carbons (Fsp3) is 0.444. The maximum Gasteiger partial charge on any atom is 0.255 e. The van der Waals surface area contributed by atoms with Gasteiger partial charge < -0.3 is 10.2 Å². The van der Waals surface area contributed by atoms with Crippen LogP contribution in [0.1, 0.15) is 65.2 Å². The molecule has 170 valence electrons. The molecule has 2 aromatic rings. The fourth-order valence-corrected chi connectivity index (χ4v) is 5.66. The van der Waals surface area contributed by atoms with Gasteiger partial charge in [0.1, 0.15) is 0 Å². The molecular formula is C27H30N4O2. The van der Waals surface area contributed by atoms with E-state index >= 15 is 0 Å². The summed E-state index contributed by atoms with van der Waals surface area (Å²) in [5.41, 5.74) is 4.36. The van der Waals surface area contributed by atoms with Crippen molar-refractivity contribution >= 4 is 17.5 Å². The van der Waals surface area contributed by atoms with Crippen LogP contribution in [0.5, 0.6) is 0 Å². The van der Waals surface area contributed by atoms with Gasteiger partial charge in [-0.15, -0.1) is 0 Å². The number of hydrogen-bond donors (Lipinski definition) is 1. The van der Waals surface area contributed by atoms with Crippen LogP contribution in [0, 0.1) is 17.2 Å². The van der Waals surface area contributed by atoms with Gasteiger partial charge in [0.25, 0.3) is 5.91 Å². The summed E-state index contributed by atoms with van der Waals surface area (Å²) in [5.74, 6) is 0.411. The van der Waals surface area contributed by atoms with E-state index in [1.165, 1.54) is 24.0 Å². The zero-order chi connectivity index (χ0) is 22.8. The van der Waals surface area contributed by atoms with E-state index in [1.807, 2.05) is 6.07 Å². The molecule has 1 N–H and O–H groups in total. The number of rotatable bonds is 4. The monoisotopic (exact) mass is 442 g/mol. The molecule has 5 rings (SSSR count). The molecule has 0 bridgehead atoms. The van der Waals surface area contributed by atoms with Crippen molar-refractivity contribution < 1.29 is 9.59 Å². The predicted octanol–water partition coefficient (Wildman–Crippen LogP) is 4.13. The maximum absolute atomic E-state index is 12.8. The molecule has 2 aliphatic carbocycles. The van der Waals surface area contributed by atoms with E-state index in [0.29, 0.717) is 23.1 Å². The highest BCUT2D eigenvalue weighted by molar-refractivity contribution is 6.04. The topological polar surface area (TPSA) is 76.4 Å². The van der Waals surface area contributed by atoms with Crippen LogP contribution in [0.3, 0.4) is 0 Å². The third-order valence-corrected chi connectivity index (χ3v) is 7.47. The lowest BCUT2D eigenvalue weighted by molar-refractivity contribution is -0.137. The maximum atomic E-state index is 12.8. The number of amides is 2. The summed E-state index contributed by atoms with van der Waals surface area (Å²) in [6.07, 6.45) is 6.62. The van der Waals surface area contributed by atoms with Crippen molar-refractivity contribution in [2.45, 2.75) is 44.6 Å². The first kappa shape index (κ1) is 21.7. The van der Waals surface area contributed by atoms with Crippen LogP contribution in [-0.4, -0.2) is 47.8 Å². The van der Waals surface area contributed by atoms with E-state index in [-0.39, 0.29) is 11.8 Å². The van der Waals surface area contributed by atoms with E-state index in [0.717, 1.165) is 57.5 Å². The van der Waals surface area contributed by atoms with Gasteiger partial charge in [-0.25, -0.2) is 0 Å². The van der Waals surface area contributed by atoms with E-state index in [4.69, 9.17) is 5.26 Å². The molecule has 2 fully saturated rings. The van der Waals surface area contributed by atoms with Crippen LogP contribution in [-0.2, 0) is 11.2 Å². The van der Waals surface area contributed by atoms with Crippen LogP contribution >= 0.6 is 0 Å². The van der Waals surface area contributed by atoms with Crippen LogP contribution in [0.2, 0.25) is 0 Å². The van der Waals surface area contributed by atoms with Gasteiger partial charge in [-0.2, -0.15) is 5.26 Å². The van der Waals surface area contributed by atoms with Gasteiger partial charge in [0, 0.05) is 49.4 Å². The van der Waals surface area contributed by atoms with Gasteiger partial charge >= 0.3 is 0 Å². The minimum atomic E-state index is -0.208. The van der Waals surface area contributed by atoms with Crippen molar-refractivity contribution in [2.75, 3.05) is 31.5 Å². The van der Waals surface area contributed by atoms with Crippen molar-refractivity contribution in [1.29, 1.82) is 5.26 Å². The summed E-state index contributed by atoms with van der Waals surface area (Å²) in [7, 11) is 0. The molecule has 6 nitrogen and oxygen atoms in total. The molecule has 1 heterocycles. The first-order valence-electron chi connectivity index (χ1n) is 12.1. The number of anilines is 1. The lowest BCUT2D eigenvalue weighted by Crippen LogP contribution is -2.50. The normalized spacial score (nSPS) is 20.9. The van der Waals surface area contributed by atoms with Gasteiger partial charge in [-0.3, -0.25) is 14.5 Å². The second kappa shape index (κ2) is 9.36. The van der Waals surface area contributed by atoms with Crippen LogP contribution in [0.4, 0.5) is 5.69 Å². The molecule has 6 heteroatoms. The lowest BCUT2D eigenvalue weighted by Gasteiger charge is -2.39. The Hall–Kier alpha value is -3.17. The average molecular weight is 443 g/mol. The summed E-state index contributed by atoms with van der Waals surface area (Å²) in [6.45, 7) is 3.43. The minimum absolute atomic E-state index is 0.208. The number of aryl methyl sites for hydroxylation is 1. The molecular weight excluding hydrogens is 412 g/mol. The largest absolute Gasteiger partial charge is 0.340 e. The summed E-state index contributed by atoms with van der Waals surface area (Å²) in [4.78, 5) is 30.1. The highest BCUT2D eigenvalue weighted by Crippen LogP contribution is 2.38. The Kier molecular flexibility index (Phi) is 6.15. The number of hydrogen-bond acceptors (Lipinski definition) is 4. The Labute approximate surface area is 195 Å². The second-order valence-electron chi connectivity index (χ2n) is 9.46. The van der Waals surface area contributed by atoms with E-state index < -0.39 is 0 Å². The first-order chi connectivity index (χ1) is 16.1. The molecule has 2 aromatic carbocycles. The lowest BCUT2D eigenvalue weighted by atomic mass is 10.0. The number of carbonyl (C=O) groups excluding carboxylic acids is 2. The van der Waals surface area contributed by atoms with Gasteiger partial charge in [0.15, 0.2) is 0 Å². The number of fused-ring (bicyclic) bond motifs is 1.